The Morgan fingerprint density at radius 1 is 0.409 bits per heavy atom. The normalized spacial score (nSPS) is 15.9. The lowest BCUT2D eigenvalue weighted by molar-refractivity contribution is -0.138. The summed E-state index contributed by atoms with van der Waals surface area (Å²) >= 11 is 0. The molecule has 730 valence electrons. The molecule has 0 unspecified atom stereocenters. The average Bonchev–Trinajstić information content (AvgIpc) is 1.58. The predicted molar refractivity (Wildman–Crippen MR) is 484 cm³/mol. The first-order valence-electron chi connectivity index (χ1n) is 44.8. The zero-order valence-electron chi connectivity index (χ0n) is 75.9. The van der Waals surface area contributed by atoms with Gasteiger partial charge in [0.15, 0.2) is 46.5 Å². The van der Waals surface area contributed by atoms with Gasteiger partial charge in [-0.2, -0.15) is 57.1 Å². The van der Waals surface area contributed by atoms with Crippen molar-refractivity contribution in [2.75, 3.05) is 94.5 Å². The highest BCUT2D eigenvalue weighted by Crippen LogP contribution is 2.53. The maximum absolute atomic E-state index is 15.6. The van der Waals surface area contributed by atoms with E-state index in [0.29, 0.717) is 107 Å². The van der Waals surface area contributed by atoms with E-state index in [-0.39, 0.29) is 138 Å². The fraction of sp³-hybridized carbons (Fsp3) is 0.433. The zero-order chi connectivity index (χ0) is 98.2. The van der Waals surface area contributed by atoms with Gasteiger partial charge in [0.1, 0.15) is 36.9 Å². The predicted octanol–water partition coefficient (Wildman–Crippen LogP) is 18.6. The maximum Gasteiger partial charge on any atom is 0.416 e. The number of carbonyl (C=O) groups excluding carboxylic acids is 4. The molecule has 137 heavy (non-hydrogen) atoms. The summed E-state index contributed by atoms with van der Waals surface area (Å²) in [7, 11) is 3.34. The lowest BCUT2D eigenvalue weighted by atomic mass is 9.76. The van der Waals surface area contributed by atoms with E-state index >= 15 is 17.6 Å². The number of pyridine rings is 1. The molecule has 0 atom stereocenters. The Morgan fingerprint density at radius 2 is 0.752 bits per heavy atom. The first-order valence-corrected chi connectivity index (χ1v) is 44.8. The molecule has 0 spiro atoms. The maximum atomic E-state index is 15.6. The van der Waals surface area contributed by atoms with Crippen LogP contribution in [0, 0.1) is 34.1 Å². The molecule has 0 radical (unpaired) electrons. The van der Waals surface area contributed by atoms with Crippen LogP contribution in [0.15, 0.2) is 165 Å². The molecule has 5 aromatic heterocycles. The van der Waals surface area contributed by atoms with Gasteiger partial charge in [-0.1, -0.05) is 91.0 Å². The van der Waals surface area contributed by atoms with Gasteiger partial charge in [-0.05, 0) is 178 Å². The van der Waals surface area contributed by atoms with Crippen LogP contribution in [-0.2, 0) is 104 Å². The third-order valence-electron chi connectivity index (χ3n) is 24.8. The average molecular weight is 1920 g/mol. The molecule has 40 heteroatoms. The van der Waals surface area contributed by atoms with Crippen LogP contribution >= 0.6 is 0 Å². The third-order valence-corrected chi connectivity index (χ3v) is 24.8. The topological polar surface area (TPSA) is 302 Å². The number of ether oxygens (including phenoxy) is 2. The summed E-state index contributed by atoms with van der Waals surface area (Å²) in [5.41, 5.74) is 7.65. The van der Waals surface area contributed by atoms with E-state index in [4.69, 9.17) is 15.2 Å². The largest absolute Gasteiger partial charge is 0.416 e. The lowest BCUT2D eigenvalue weighted by Gasteiger charge is -2.37. The number of hydrogen-bond acceptors (Lipinski definition) is 23. The fourth-order valence-electron chi connectivity index (χ4n) is 16.5. The molecule has 4 aliphatic carbocycles. The second kappa shape index (κ2) is 44.1. The fourth-order valence-corrected chi connectivity index (χ4v) is 16.5. The highest BCUT2D eigenvalue weighted by Gasteiger charge is 2.50. The van der Waals surface area contributed by atoms with Gasteiger partial charge in [0, 0.05) is 154 Å². The van der Waals surface area contributed by atoms with Gasteiger partial charge in [0.05, 0.1) is 28.7 Å². The Kier molecular flexibility index (Phi) is 32.7. The Morgan fingerprint density at radius 3 is 1.09 bits per heavy atom. The number of primary amides is 1. The number of nitrogens with two attached hydrogens (primary N) is 1. The van der Waals surface area contributed by atoms with Gasteiger partial charge < -0.3 is 66.2 Å². The van der Waals surface area contributed by atoms with Crippen LogP contribution in [0.1, 0.15) is 178 Å². The van der Waals surface area contributed by atoms with Crippen LogP contribution in [0.4, 0.5) is 112 Å². The summed E-state index contributed by atoms with van der Waals surface area (Å²) in [5, 5.41) is 14.8. The van der Waals surface area contributed by atoms with Crippen LogP contribution in [0.3, 0.4) is 0 Å². The number of rotatable bonds is 36. The smallest absolute Gasteiger partial charge is 0.381 e. The number of amides is 2. The van der Waals surface area contributed by atoms with Gasteiger partial charge in [-0.15, -0.1) is 0 Å². The highest BCUT2D eigenvalue weighted by atomic mass is 19.4. The number of aromatic nitrogens is 9. The number of benzene rings is 5. The van der Waals surface area contributed by atoms with Crippen LogP contribution in [0.5, 0.6) is 0 Å². The van der Waals surface area contributed by atoms with Crippen molar-refractivity contribution in [2.24, 2.45) is 16.6 Å². The van der Waals surface area contributed by atoms with Crippen molar-refractivity contribution < 1.29 is 94.5 Å². The second-order valence-electron chi connectivity index (χ2n) is 35.5. The summed E-state index contributed by atoms with van der Waals surface area (Å²) in [5.74, 6) is -5.10. The molecule has 2 aliphatic heterocycles. The van der Waals surface area contributed by atoms with Crippen molar-refractivity contribution in [3.8, 4) is 0 Å². The molecule has 10 aromatic rings. The number of Topliss-reactive ketones (excluding diaryl/α,β-unsaturated/α-hetero) is 2. The molecule has 16 rings (SSSR count). The second-order valence-corrected chi connectivity index (χ2v) is 35.5. The number of ketones is 2. The first-order chi connectivity index (χ1) is 65.2. The molecule has 25 nitrogen and oxygen atoms in total. The van der Waals surface area contributed by atoms with Crippen molar-refractivity contribution >= 4 is 69.9 Å². The van der Waals surface area contributed by atoms with Crippen LogP contribution in [-0.4, -0.2) is 140 Å². The van der Waals surface area contributed by atoms with E-state index in [1.807, 2.05) is 12.1 Å². The molecule has 2 saturated heterocycles. The molecule has 5 aromatic carbocycles. The molecular formula is C97H106F15N19O6. The quantitative estimate of drug-likeness (QED) is 0.0199. The van der Waals surface area contributed by atoms with Crippen LogP contribution < -0.4 is 51.9 Å². The Balaban J connectivity index is 0.000000154. The van der Waals surface area contributed by atoms with E-state index in [1.165, 1.54) is 80.8 Å². The summed E-state index contributed by atoms with van der Waals surface area (Å²) in [6.45, 7) is 8.08. The van der Waals surface area contributed by atoms with Crippen molar-refractivity contribution in [2.45, 2.75) is 204 Å². The monoisotopic (exact) mass is 1920 g/mol. The number of halogens is 15. The molecule has 7 N–H and O–H groups in total. The summed E-state index contributed by atoms with van der Waals surface area (Å²) in [4.78, 5) is 90.3. The third kappa shape index (κ3) is 27.8. The number of anilines is 8. The van der Waals surface area contributed by atoms with Crippen molar-refractivity contribution in [3.05, 3.63) is 255 Å². The number of hydrogen-bond donors (Lipinski definition) is 6. The van der Waals surface area contributed by atoms with Gasteiger partial charge >= 0.3 is 18.5 Å². The van der Waals surface area contributed by atoms with E-state index < -0.39 is 75.9 Å². The minimum Gasteiger partial charge on any atom is -0.381 e. The van der Waals surface area contributed by atoms with Gasteiger partial charge in [-0.25, -0.2) is 48.7 Å². The van der Waals surface area contributed by atoms with Crippen LogP contribution in [0.25, 0.3) is 0 Å². The summed E-state index contributed by atoms with van der Waals surface area (Å²) < 4.78 is 216. The molecule has 7 heterocycles. The van der Waals surface area contributed by atoms with Crippen molar-refractivity contribution in [1.82, 2.24) is 50.2 Å². The van der Waals surface area contributed by atoms with E-state index in [9.17, 15) is 67.5 Å². The lowest BCUT2D eigenvalue weighted by Crippen LogP contribution is -2.40. The van der Waals surface area contributed by atoms with Crippen molar-refractivity contribution in [1.29, 1.82) is 0 Å². The van der Waals surface area contributed by atoms with Gasteiger partial charge in [-0.3, -0.25) is 19.4 Å². The molecule has 6 aliphatic rings. The molecule has 6 fully saturated rings. The number of nitrogens with one attached hydrogen (secondary N) is 5. The zero-order valence-corrected chi connectivity index (χ0v) is 75.9. The number of carbonyl (C=O) groups is 4. The summed E-state index contributed by atoms with van der Waals surface area (Å²) in [6.07, 6.45) is 3.95. The SMILES string of the molecule is CC(=O)CC1(CNc2ncnc(N(Cc3ccc(C(F)(F)F)cc3)C3CC3)c2F)CCOCC1.CC(=O)Cc1ccc(CNc2ncnc(N(Cc3ccc(C(F)(F)F)cc3)C3CC3)c2F)cn1.CN(c1ncnc(NCc2ccc(CC(N)=O)cc2)c1F)C1(c2ccc(C(C)(F)F)cc2)CC1.CNC(=O)CC1(CNc2ncnc(N(Cc3ccc(C(F)(F)F)cc3)C3CC3)c2F)CCOCC1. The number of alkyl halides is 11. The first kappa shape index (κ1) is 102. The Hall–Kier alpha value is -12.9. The molecule has 4 saturated carbocycles. The summed E-state index contributed by atoms with van der Waals surface area (Å²) in [6, 6.07) is 31.8. The molecule has 2 amide bonds. The Bertz CT molecular complexity index is 5630. The van der Waals surface area contributed by atoms with Crippen LogP contribution in [0.2, 0.25) is 0 Å². The minimum atomic E-state index is -4.41. The van der Waals surface area contributed by atoms with E-state index in [1.54, 1.807) is 83.2 Å². The standard InChI is InChI=1S/C25H26F3N5O.C24H29F4N5O2.C24H23F4N5O.C24H28F4N4O2/c1-24(27,28)18-7-9-19(10-8-18)25(11-12-25)33(2)23-21(26)22(31-15-32-23)30-14-17-5-3-16(4-6-17)13-20(29)34;1-29-19(34)12-23(8-10-35-11-9-23)14-30-21-20(25)22(32-15-31-21)33(18-6-7-18)13-16-2-4-17(5-3-16)24(26,27)28;1-15(34)10-19-7-4-17(11-29-19)12-30-22-21(25)23(32-14-31-22)33(20-8-9-20)13-16-2-5-18(6-3-16)24(26,27)28;1-16(33)12-23(8-10-34-11-9-23)14-29-21-20(25)22(31-15-30-21)32(19-6-7-19)13-17-2-4-18(5-3-17)24(26,27)28/h3-10,15H,11-14H2,1-2H3,(H2,29,34)(H,30,31,32);2-5,15,18H,6-14H2,1H3,(H,29,34)(H,30,31,32);2-7,11,14,20H,8-10,12-13H2,1H3,(H,30,31,32);2-5,15,19H,6-14H2,1H3,(H,29,30,31). The molecular weight excluding hydrogens is 1810 g/mol. The van der Waals surface area contributed by atoms with Gasteiger partial charge in [0.25, 0.3) is 5.92 Å². The molecule has 0 bridgehead atoms. The van der Waals surface area contributed by atoms with E-state index in [2.05, 4.69) is 71.4 Å². The van der Waals surface area contributed by atoms with Crippen molar-refractivity contribution in [3.63, 3.8) is 0 Å². The highest BCUT2D eigenvalue weighted by molar-refractivity contribution is 5.78. The van der Waals surface area contributed by atoms with E-state index in [0.717, 1.165) is 117 Å². The minimum absolute atomic E-state index is 0.0190. The Labute approximate surface area is 781 Å². The van der Waals surface area contributed by atoms with Gasteiger partial charge in [0.2, 0.25) is 35.1 Å². The number of nitrogens with zero attached hydrogens (tertiary/aromatic N) is 13.